The first kappa shape index (κ1) is 15.1. The number of hydrazine groups is 1. The van der Waals surface area contributed by atoms with E-state index in [0.29, 0.717) is 23.7 Å². The Bertz CT molecular complexity index is 587. The first-order chi connectivity index (χ1) is 10.2. The number of rotatable bonds is 6. The number of anilines is 1. The average molecular weight is 304 g/mol. The molecule has 0 saturated heterocycles. The molecule has 2 rings (SSSR count). The lowest BCUT2D eigenvalue weighted by molar-refractivity contribution is 0.0953. The van der Waals surface area contributed by atoms with Crippen LogP contribution in [0.1, 0.15) is 10.4 Å². The number of carbonyl (C=O) groups is 1. The maximum Gasteiger partial charge on any atom is 0.265 e. The predicted octanol–water partition coefficient (Wildman–Crippen LogP) is 1.44. The number of ether oxygens (including phenoxy) is 1. The summed E-state index contributed by atoms with van der Waals surface area (Å²) in [6.07, 6.45) is 1.74. The lowest BCUT2D eigenvalue weighted by atomic mass is 10.2. The quantitative estimate of drug-likeness (QED) is 0.245. The maximum atomic E-state index is 11.3. The summed E-state index contributed by atoms with van der Waals surface area (Å²) in [4.78, 5) is 16.3. The molecule has 1 aromatic carbocycles. The number of nitrogen functional groups attached to an aromatic ring is 2. The first-order valence-corrected chi connectivity index (χ1v) is 7.26. The summed E-state index contributed by atoms with van der Waals surface area (Å²) < 4.78 is 5.59. The fourth-order valence-electron chi connectivity index (χ4n) is 1.58. The van der Waals surface area contributed by atoms with Crippen molar-refractivity contribution >= 4 is 23.5 Å². The van der Waals surface area contributed by atoms with E-state index in [0.717, 1.165) is 10.6 Å². The van der Waals surface area contributed by atoms with E-state index in [4.69, 9.17) is 16.3 Å². The second kappa shape index (κ2) is 7.51. The van der Waals surface area contributed by atoms with E-state index in [1.54, 1.807) is 48.3 Å². The molecule has 21 heavy (non-hydrogen) atoms. The third kappa shape index (κ3) is 4.66. The molecule has 7 heteroatoms. The van der Waals surface area contributed by atoms with Crippen molar-refractivity contribution in [1.29, 1.82) is 0 Å². The van der Waals surface area contributed by atoms with Gasteiger partial charge in [0.15, 0.2) is 0 Å². The smallest absolute Gasteiger partial charge is 0.265 e. The Labute approximate surface area is 126 Å². The highest BCUT2D eigenvalue weighted by atomic mass is 32.2. The van der Waals surface area contributed by atoms with Crippen molar-refractivity contribution < 1.29 is 9.53 Å². The molecule has 2 aromatic rings. The summed E-state index contributed by atoms with van der Waals surface area (Å²) in [7, 11) is 0. The van der Waals surface area contributed by atoms with E-state index >= 15 is 0 Å². The van der Waals surface area contributed by atoms with Gasteiger partial charge in [-0.2, -0.15) is 0 Å². The molecule has 6 nitrogen and oxygen atoms in total. The van der Waals surface area contributed by atoms with E-state index in [2.05, 4.69) is 10.4 Å². The number of amides is 1. The summed E-state index contributed by atoms with van der Waals surface area (Å²) in [6, 6.07) is 10.5. The highest BCUT2D eigenvalue weighted by Gasteiger charge is 2.03. The van der Waals surface area contributed by atoms with Crippen molar-refractivity contribution in [3.63, 3.8) is 0 Å². The van der Waals surface area contributed by atoms with E-state index in [9.17, 15) is 4.79 Å². The largest absolute Gasteiger partial charge is 0.493 e. The summed E-state index contributed by atoms with van der Waals surface area (Å²) >= 11 is 1.64. The number of hydrogen-bond donors (Lipinski definition) is 3. The van der Waals surface area contributed by atoms with Crippen LogP contribution >= 0.6 is 11.8 Å². The van der Waals surface area contributed by atoms with E-state index in [1.165, 1.54) is 0 Å². The fourth-order valence-corrected chi connectivity index (χ4v) is 2.28. The number of benzene rings is 1. The van der Waals surface area contributed by atoms with Crippen LogP contribution in [0.4, 0.5) is 5.82 Å². The van der Waals surface area contributed by atoms with Crippen molar-refractivity contribution in [1.82, 2.24) is 10.4 Å². The third-order valence-electron chi connectivity index (χ3n) is 2.63. The summed E-state index contributed by atoms with van der Waals surface area (Å²) in [5, 5.41) is 0. The molecule has 0 aliphatic rings. The van der Waals surface area contributed by atoms with Gasteiger partial charge in [0.25, 0.3) is 5.91 Å². The van der Waals surface area contributed by atoms with Gasteiger partial charge < -0.3 is 10.5 Å². The van der Waals surface area contributed by atoms with Crippen LogP contribution in [0.25, 0.3) is 0 Å². The van der Waals surface area contributed by atoms with Gasteiger partial charge >= 0.3 is 0 Å². The normalized spacial score (nSPS) is 10.1. The summed E-state index contributed by atoms with van der Waals surface area (Å²) in [5.74, 6) is 6.74. The van der Waals surface area contributed by atoms with Crippen molar-refractivity contribution in [2.45, 2.75) is 4.90 Å². The fraction of sp³-hybridized carbons (Fsp3) is 0.143. The standard InChI is InChI=1S/C14H16N4O2S/c15-13-6-5-12(9-17-13)21-8-7-20-11-3-1-10(2-4-11)14(19)18-16/h1-6,9H,7-8,16H2,(H2,15,17)(H,18,19). The second-order valence-corrected chi connectivity index (χ2v) is 5.28. The Balaban J connectivity index is 1.75. The van der Waals surface area contributed by atoms with E-state index in [1.807, 2.05) is 6.07 Å². The van der Waals surface area contributed by atoms with Crippen LogP contribution in [-0.2, 0) is 0 Å². The molecule has 0 aliphatic carbocycles. The van der Waals surface area contributed by atoms with E-state index in [-0.39, 0.29) is 5.91 Å². The first-order valence-electron chi connectivity index (χ1n) is 6.27. The van der Waals surface area contributed by atoms with Gasteiger partial charge in [0.05, 0.1) is 6.61 Å². The molecule has 0 unspecified atom stereocenters. The van der Waals surface area contributed by atoms with Crippen LogP contribution in [0.5, 0.6) is 5.75 Å². The lowest BCUT2D eigenvalue weighted by Gasteiger charge is -2.07. The van der Waals surface area contributed by atoms with Crippen LogP contribution in [0.3, 0.4) is 0 Å². The molecule has 0 atom stereocenters. The third-order valence-corrected chi connectivity index (χ3v) is 3.57. The average Bonchev–Trinajstić information content (AvgIpc) is 2.53. The molecular weight excluding hydrogens is 288 g/mol. The number of hydrogen-bond acceptors (Lipinski definition) is 6. The number of carbonyl (C=O) groups excluding carboxylic acids is 1. The SMILES string of the molecule is NNC(=O)c1ccc(OCCSc2ccc(N)nc2)cc1. The molecule has 5 N–H and O–H groups in total. The zero-order valence-electron chi connectivity index (χ0n) is 11.3. The van der Waals surface area contributed by atoms with Crippen molar-refractivity contribution in [3.8, 4) is 5.75 Å². The van der Waals surface area contributed by atoms with Gasteiger partial charge in [-0.1, -0.05) is 0 Å². The molecular formula is C14H16N4O2S. The zero-order valence-corrected chi connectivity index (χ0v) is 12.1. The van der Waals surface area contributed by atoms with Gasteiger partial charge in [-0.3, -0.25) is 10.2 Å². The Kier molecular flexibility index (Phi) is 5.42. The number of nitrogens with two attached hydrogens (primary N) is 2. The van der Waals surface area contributed by atoms with Gasteiger partial charge in [-0.25, -0.2) is 10.8 Å². The van der Waals surface area contributed by atoms with Gasteiger partial charge in [-0.15, -0.1) is 11.8 Å². The minimum atomic E-state index is -0.326. The van der Waals surface area contributed by atoms with Crippen LogP contribution < -0.4 is 21.7 Å². The lowest BCUT2D eigenvalue weighted by Crippen LogP contribution is -2.29. The molecule has 1 heterocycles. The van der Waals surface area contributed by atoms with Crippen LogP contribution in [0.2, 0.25) is 0 Å². The molecule has 1 aromatic heterocycles. The molecule has 0 saturated carbocycles. The Morgan fingerprint density at radius 3 is 2.62 bits per heavy atom. The number of aromatic nitrogens is 1. The molecule has 0 bridgehead atoms. The highest BCUT2D eigenvalue weighted by molar-refractivity contribution is 7.99. The number of pyridine rings is 1. The van der Waals surface area contributed by atoms with Crippen LogP contribution in [0.15, 0.2) is 47.5 Å². The van der Waals surface area contributed by atoms with Crippen molar-refractivity contribution in [3.05, 3.63) is 48.2 Å². The highest BCUT2D eigenvalue weighted by Crippen LogP contribution is 2.18. The molecule has 0 radical (unpaired) electrons. The number of nitrogens with zero attached hydrogens (tertiary/aromatic N) is 1. The summed E-state index contributed by atoms with van der Waals surface area (Å²) in [5.41, 5.74) is 8.09. The molecule has 0 aliphatic heterocycles. The Morgan fingerprint density at radius 1 is 1.24 bits per heavy atom. The predicted molar refractivity (Wildman–Crippen MR) is 83.0 cm³/mol. The molecule has 1 amide bonds. The maximum absolute atomic E-state index is 11.3. The van der Waals surface area contributed by atoms with Crippen LogP contribution in [0, 0.1) is 0 Å². The van der Waals surface area contributed by atoms with Crippen LogP contribution in [-0.4, -0.2) is 23.3 Å². The Morgan fingerprint density at radius 2 is 2.00 bits per heavy atom. The molecule has 110 valence electrons. The van der Waals surface area contributed by atoms with Gasteiger partial charge in [0.1, 0.15) is 11.6 Å². The van der Waals surface area contributed by atoms with Gasteiger partial charge in [0.2, 0.25) is 0 Å². The number of thioether (sulfide) groups is 1. The topological polar surface area (TPSA) is 103 Å². The number of nitrogens with one attached hydrogen (secondary N) is 1. The monoisotopic (exact) mass is 304 g/mol. The van der Waals surface area contributed by atoms with Gasteiger partial charge in [0, 0.05) is 22.4 Å². The van der Waals surface area contributed by atoms with Gasteiger partial charge in [-0.05, 0) is 36.4 Å². The Hall–Kier alpha value is -2.25. The minimum absolute atomic E-state index is 0.326. The minimum Gasteiger partial charge on any atom is -0.493 e. The molecule has 0 spiro atoms. The zero-order chi connectivity index (χ0) is 15.1. The molecule has 0 fully saturated rings. The second-order valence-electron chi connectivity index (χ2n) is 4.11. The van der Waals surface area contributed by atoms with Crippen molar-refractivity contribution in [2.75, 3.05) is 18.1 Å². The summed E-state index contributed by atoms with van der Waals surface area (Å²) in [6.45, 7) is 0.553. The van der Waals surface area contributed by atoms with Crippen molar-refractivity contribution in [2.24, 2.45) is 5.84 Å². The van der Waals surface area contributed by atoms with E-state index < -0.39 is 0 Å².